The predicted molar refractivity (Wildman–Crippen MR) is 132 cm³/mol. The maximum absolute atomic E-state index is 13.3. The van der Waals surface area contributed by atoms with E-state index in [0.717, 1.165) is 24.5 Å². The summed E-state index contributed by atoms with van der Waals surface area (Å²) in [4.78, 5) is 29.5. The molecule has 1 fully saturated rings. The number of nitrogens with zero attached hydrogens (tertiary/aromatic N) is 3. The number of primary amides is 1. The molecule has 0 radical (unpaired) electrons. The summed E-state index contributed by atoms with van der Waals surface area (Å²) in [6.07, 6.45) is 7.25. The Morgan fingerprint density at radius 2 is 1.86 bits per heavy atom. The molecule has 10 nitrogen and oxygen atoms in total. The highest BCUT2D eigenvalue weighted by Gasteiger charge is 2.27. The molecular weight excluding hydrogens is 468 g/mol. The molecule has 0 spiro atoms. The number of carbonyl (C=O) groups excluding carboxylic acids is 2. The van der Waals surface area contributed by atoms with Crippen LogP contribution >= 0.6 is 0 Å². The topological polar surface area (TPSA) is 149 Å². The molecule has 1 saturated carbocycles. The molecule has 4 N–H and O–H groups in total. The zero-order chi connectivity index (χ0) is 25.2. The van der Waals surface area contributed by atoms with Crippen molar-refractivity contribution in [2.24, 2.45) is 11.7 Å². The van der Waals surface area contributed by atoms with E-state index < -0.39 is 9.84 Å². The van der Waals surface area contributed by atoms with Crippen molar-refractivity contribution in [1.82, 2.24) is 20.1 Å². The number of benzene rings is 1. The van der Waals surface area contributed by atoms with Crippen LogP contribution in [0.15, 0.2) is 41.6 Å². The van der Waals surface area contributed by atoms with E-state index in [4.69, 9.17) is 5.73 Å². The molecule has 35 heavy (non-hydrogen) atoms. The number of carbonyl (C=O) groups is 2. The third kappa shape index (κ3) is 5.29. The first-order chi connectivity index (χ1) is 16.7. The zero-order valence-corrected chi connectivity index (χ0v) is 20.6. The van der Waals surface area contributed by atoms with Crippen LogP contribution in [0.4, 0.5) is 5.69 Å². The Labute approximate surface area is 204 Å². The number of anilines is 1. The summed E-state index contributed by atoms with van der Waals surface area (Å²) >= 11 is 0. The Bertz CT molecular complexity index is 1360. The first-order valence-electron chi connectivity index (χ1n) is 11.7. The van der Waals surface area contributed by atoms with E-state index in [0.29, 0.717) is 41.8 Å². The Morgan fingerprint density at radius 1 is 1.14 bits per heavy atom. The molecule has 11 heteroatoms. The van der Waals surface area contributed by atoms with Gasteiger partial charge in [0, 0.05) is 37.5 Å². The van der Waals surface area contributed by atoms with Crippen LogP contribution < -0.4 is 16.4 Å². The molecule has 0 atom stereocenters. The number of aromatic nitrogens is 3. The van der Waals surface area contributed by atoms with Crippen molar-refractivity contribution in [1.29, 1.82) is 0 Å². The molecule has 1 aliphatic rings. The molecule has 0 bridgehead atoms. The fraction of sp³-hybridized carbons (Fsp3) is 0.417. The van der Waals surface area contributed by atoms with Gasteiger partial charge < -0.3 is 16.4 Å². The van der Waals surface area contributed by atoms with Crippen LogP contribution in [0.3, 0.4) is 0 Å². The van der Waals surface area contributed by atoms with Crippen molar-refractivity contribution >= 4 is 38.4 Å². The Morgan fingerprint density at radius 3 is 2.51 bits per heavy atom. The smallest absolute Gasteiger partial charge is 0.255 e. The number of sulfone groups is 1. The molecule has 2 amide bonds. The number of aryl methyl sites for hydroxylation is 1. The van der Waals surface area contributed by atoms with Crippen LogP contribution in [0, 0.1) is 5.92 Å². The summed E-state index contributed by atoms with van der Waals surface area (Å²) in [6.45, 7) is 2.65. The van der Waals surface area contributed by atoms with E-state index in [9.17, 15) is 18.0 Å². The lowest BCUT2D eigenvalue weighted by atomic mass is 9.85. The van der Waals surface area contributed by atoms with Gasteiger partial charge in [-0.3, -0.25) is 9.59 Å². The zero-order valence-electron chi connectivity index (χ0n) is 19.8. The summed E-state index contributed by atoms with van der Waals surface area (Å²) < 4.78 is 26.0. The summed E-state index contributed by atoms with van der Waals surface area (Å²) in [6, 6.07) is 6.66. The Hall–Kier alpha value is -3.47. The van der Waals surface area contributed by atoms with E-state index in [2.05, 4.69) is 20.7 Å². The Kier molecular flexibility index (Phi) is 7.06. The minimum atomic E-state index is -3.43. The monoisotopic (exact) mass is 498 g/mol. The predicted octanol–water partition coefficient (Wildman–Crippen LogP) is 2.24. The lowest BCUT2D eigenvalue weighted by molar-refractivity contribution is -0.122. The molecule has 1 aromatic carbocycles. The highest BCUT2D eigenvalue weighted by molar-refractivity contribution is 7.90. The van der Waals surface area contributed by atoms with Crippen molar-refractivity contribution in [3.05, 3.63) is 47.8 Å². The molecule has 186 valence electrons. The largest absolute Gasteiger partial charge is 0.381 e. The normalized spacial score (nSPS) is 18.3. The first-order valence-corrected chi connectivity index (χ1v) is 13.5. The van der Waals surface area contributed by atoms with Crippen molar-refractivity contribution in [3.63, 3.8) is 0 Å². The number of hydrogen-bond donors (Lipinski definition) is 3. The molecule has 2 heterocycles. The van der Waals surface area contributed by atoms with Crippen molar-refractivity contribution in [2.75, 3.05) is 11.6 Å². The van der Waals surface area contributed by atoms with E-state index in [-0.39, 0.29) is 35.2 Å². The van der Waals surface area contributed by atoms with Crippen molar-refractivity contribution in [3.8, 4) is 0 Å². The number of nitrogens with two attached hydrogens (primary N) is 1. The standard InChI is InChI=1S/C24H30N6O4S/c1-3-30-23-18(14-28-30)21(29-17-10-8-15(9-11-17)22(25)31)19(13-26-23)24(32)27-12-16-6-4-5-7-20(16)35(2,33)34/h4-7,13-15,17H,3,8-12H2,1-2H3,(H2,25,31)(H,26,29)(H,27,32). The van der Waals surface area contributed by atoms with Gasteiger partial charge >= 0.3 is 0 Å². The quantitative estimate of drug-likeness (QED) is 0.431. The van der Waals surface area contributed by atoms with Crippen molar-refractivity contribution < 1.29 is 18.0 Å². The summed E-state index contributed by atoms with van der Waals surface area (Å²) in [5.41, 5.74) is 7.63. The van der Waals surface area contributed by atoms with Gasteiger partial charge in [0.05, 0.1) is 27.7 Å². The van der Waals surface area contributed by atoms with Gasteiger partial charge in [-0.05, 0) is 44.2 Å². The van der Waals surface area contributed by atoms with E-state index in [1.54, 1.807) is 29.1 Å². The average molecular weight is 499 g/mol. The fourth-order valence-corrected chi connectivity index (χ4v) is 5.54. The molecule has 0 saturated heterocycles. The number of pyridine rings is 1. The fourth-order valence-electron chi connectivity index (χ4n) is 4.59. The maximum atomic E-state index is 13.3. The second-order valence-electron chi connectivity index (χ2n) is 8.90. The van der Waals surface area contributed by atoms with Crippen LogP contribution in [0.5, 0.6) is 0 Å². The minimum Gasteiger partial charge on any atom is -0.381 e. The number of nitrogens with one attached hydrogen (secondary N) is 2. The van der Waals surface area contributed by atoms with Crippen LogP contribution in [-0.4, -0.2) is 47.3 Å². The second-order valence-corrected chi connectivity index (χ2v) is 10.9. The average Bonchev–Trinajstić information content (AvgIpc) is 3.26. The maximum Gasteiger partial charge on any atom is 0.255 e. The SMILES string of the molecule is CCn1ncc2c(NC3CCC(C(N)=O)CC3)c(C(=O)NCc3ccccc3S(C)(=O)=O)cnc21. The first kappa shape index (κ1) is 24.6. The number of amides is 2. The lowest BCUT2D eigenvalue weighted by Gasteiger charge is -2.29. The number of hydrogen-bond acceptors (Lipinski definition) is 7. The van der Waals surface area contributed by atoms with Gasteiger partial charge in [-0.15, -0.1) is 0 Å². The number of rotatable bonds is 8. The second kappa shape index (κ2) is 10.0. The van der Waals surface area contributed by atoms with E-state index in [1.807, 2.05) is 6.92 Å². The molecule has 3 aromatic rings. The highest BCUT2D eigenvalue weighted by atomic mass is 32.2. The van der Waals surface area contributed by atoms with Gasteiger partial charge in [0.25, 0.3) is 5.91 Å². The molecule has 0 unspecified atom stereocenters. The van der Waals surface area contributed by atoms with Gasteiger partial charge in [-0.25, -0.2) is 18.1 Å². The summed E-state index contributed by atoms with van der Waals surface area (Å²) in [5, 5.41) is 11.5. The van der Waals surface area contributed by atoms with Crippen molar-refractivity contribution in [2.45, 2.75) is 56.6 Å². The van der Waals surface area contributed by atoms with Gasteiger partial charge in [-0.2, -0.15) is 5.10 Å². The lowest BCUT2D eigenvalue weighted by Crippen LogP contribution is -2.33. The van der Waals surface area contributed by atoms with Gasteiger partial charge in [0.15, 0.2) is 15.5 Å². The third-order valence-corrected chi connectivity index (χ3v) is 7.70. The highest BCUT2D eigenvalue weighted by Crippen LogP contribution is 2.31. The molecule has 2 aromatic heterocycles. The van der Waals surface area contributed by atoms with Crippen LogP contribution in [0.25, 0.3) is 11.0 Å². The van der Waals surface area contributed by atoms with E-state index >= 15 is 0 Å². The summed E-state index contributed by atoms with van der Waals surface area (Å²) in [7, 11) is -3.43. The van der Waals surface area contributed by atoms with Gasteiger partial charge in [0.2, 0.25) is 5.91 Å². The Balaban J connectivity index is 1.61. The number of fused-ring (bicyclic) bond motifs is 1. The molecule has 1 aliphatic carbocycles. The molecular formula is C24H30N6O4S. The molecule has 4 rings (SSSR count). The summed E-state index contributed by atoms with van der Waals surface area (Å²) in [5.74, 6) is -0.764. The van der Waals surface area contributed by atoms with Crippen LogP contribution in [-0.2, 0) is 27.7 Å². The van der Waals surface area contributed by atoms with Crippen LogP contribution in [0.1, 0.15) is 48.5 Å². The van der Waals surface area contributed by atoms with E-state index in [1.165, 1.54) is 12.3 Å². The molecule has 0 aliphatic heterocycles. The van der Waals surface area contributed by atoms with Gasteiger partial charge in [0.1, 0.15) is 0 Å². The van der Waals surface area contributed by atoms with Gasteiger partial charge in [-0.1, -0.05) is 18.2 Å². The van der Waals surface area contributed by atoms with Crippen LogP contribution in [0.2, 0.25) is 0 Å². The third-order valence-electron chi connectivity index (χ3n) is 6.50. The minimum absolute atomic E-state index is 0.0531.